The van der Waals surface area contributed by atoms with Crippen LogP contribution in [0.4, 0.5) is 0 Å². The van der Waals surface area contributed by atoms with Crippen molar-refractivity contribution in [2.45, 2.75) is 354 Å². The van der Waals surface area contributed by atoms with E-state index in [1.807, 2.05) is 0 Å². The second kappa shape index (κ2) is 80.0. The van der Waals surface area contributed by atoms with E-state index >= 15 is 0 Å². The van der Waals surface area contributed by atoms with Gasteiger partial charge in [0.25, 0.3) is 0 Å². The molecule has 0 aromatic rings. The molecule has 0 aliphatic heterocycles. The lowest BCUT2D eigenvalue weighted by molar-refractivity contribution is -0.161. The fourth-order valence-electron chi connectivity index (χ4n) is 10.9. The second-order valence-corrected chi connectivity index (χ2v) is 30.6. The molecular formula is C89H150O17P2. The van der Waals surface area contributed by atoms with E-state index in [2.05, 4.69) is 174 Å². The number of phosphoric acid groups is 2. The molecule has 0 fully saturated rings. The number of ether oxygens (including phenoxy) is 4. The first-order chi connectivity index (χ1) is 52.7. The van der Waals surface area contributed by atoms with Gasteiger partial charge in [0, 0.05) is 25.7 Å². The highest BCUT2D eigenvalue weighted by molar-refractivity contribution is 7.47. The third-order valence-corrected chi connectivity index (χ3v) is 19.2. The van der Waals surface area contributed by atoms with Crippen molar-refractivity contribution in [3.63, 3.8) is 0 Å². The zero-order valence-electron chi connectivity index (χ0n) is 67.7. The van der Waals surface area contributed by atoms with E-state index in [9.17, 15) is 43.2 Å². The van der Waals surface area contributed by atoms with Crippen LogP contribution in [-0.2, 0) is 65.4 Å². The Morgan fingerprint density at radius 1 is 0.269 bits per heavy atom. The van der Waals surface area contributed by atoms with Crippen LogP contribution in [0, 0.1) is 0 Å². The molecule has 5 atom stereocenters. The Labute approximate surface area is 656 Å². The summed E-state index contributed by atoms with van der Waals surface area (Å²) in [4.78, 5) is 73.2. The molecular weight excluding hydrogens is 1400 g/mol. The zero-order valence-corrected chi connectivity index (χ0v) is 69.5. The minimum Gasteiger partial charge on any atom is -0.462 e. The molecule has 0 spiro atoms. The Morgan fingerprint density at radius 3 is 0.778 bits per heavy atom. The summed E-state index contributed by atoms with van der Waals surface area (Å²) in [7, 11) is -9.99. The third-order valence-electron chi connectivity index (χ3n) is 17.2. The van der Waals surface area contributed by atoms with Crippen molar-refractivity contribution in [3.05, 3.63) is 146 Å². The molecule has 0 aromatic heterocycles. The molecule has 0 heterocycles. The molecule has 618 valence electrons. The van der Waals surface area contributed by atoms with Crippen LogP contribution < -0.4 is 0 Å². The number of hydrogen-bond acceptors (Lipinski definition) is 15. The zero-order chi connectivity index (χ0) is 78.9. The van der Waals surface area contributed by atoms with Crippen molar-refractivity contribution in [1.29, 1.82) is 0 Å². The van der Waals surface area contributed by atoms with Gasteiger partial charge in [-0.05, 0) is 161 Å². The van der Waals surface area contributed by atoms with Gasteiger partial charge in [-0.1, -0.05) is 296 Å². The topological polar surface area (TPSA) is 237 Å². The molecule has 0 radical (unpaired) electrons. The minimum atomic E-state index is -4.99. The van der Waals surface area contributed by atoms with Crippen molar-refractivity contribution < 1.29 is 80.2 Å². The van der Waals surface area contributed by atoms with Crippen LogP contribution in [0.25, 0.3) is 0 Å². The molecule has 0 saturated carbocycles. The van der Waals surface area contributed by atoms with E-state index in [0.29, 0.717) is 25.7 Å². The molecule has 3 N–H and O–H groups in total. The van der Waals surface area contributed by atoms with Crippen LogP contribution in [0.5, 0.6) is 0 Å². The molecule has 0 saturated heterocycles. The van der Waals surface area contributed by atoms with Crippen LogP contribution in [0.3, 0.4) is 0 Å². The van der Waals surface area contributed by atoms with Gasteiger partial charge in [-0.25, -0.2) is 9.13 Å². The maximum Gasteiger partial charge on any atom is 0.472 e. The predicted molar refractivity (Wildman–Crippen MR) is 445 cm³/mol. The first-order valence-corrected chi connectivity index (χ1v) is 45.1. The highest BCUT2D eigenvalue weighted by Crippen LogP contribution is 2.45. The lowest BCUT2D eigenvalue weighted by Crippen LogP contribution is -2.30. The molecule has 0 aliphatic carbocycles. The number of aliphatic hydroxyl groups is 1. The van der Waals surface area contributed by atoms with Gasteiger partial charge in [0.05, 0.1) is 26.4 Å². The third kappa shape index (κ3) is 79.0. The maximum absolute atomic E-state index is 13.1. The molecule has 17 nitrogen and oxygen atoms in total. The van der Waals surface area contributed by atoms with E-state index in [1.54, 1.807) is 0 Å². The SMILES string of the molecule is CC/C=C\C/C=C\C/C=C\C/C=C\CCCCCCCCC(=O)OCC(COP(=O)(O)OCC(O)COP(=O)(O)OCC(COC(=O)CCCCCCCCC/C=C\C/C=C\C/C=C\CC)OC(=O)CCCCCCC/C=C\C/C=C\CCC)OC(=O)CCCCCCCC/C=C\C/C=C\C/C=C\CCCCC. The smallest absolute Gasteiger partial charge is 0.462 e. The molecule has 108 heavy (non-hydrogen) atoms. The summed E-state index contributed by atoms with van der Waals surface area (Å²) < 4.78 is 68.8. The van der Waals surface area contributed by atoms with E-state index in [1.165, 1.54) is 19.3 Å². The summed E-state index contributed by atoms with van der Waals surface area (Å²) in [5.74, 6) is -2.23. The number of rotatable bonds is 78. The first kappa shape index (κ1) is 103. The number of carbonyl (C=O) groups excluding carboxylic acids is 4. The summed E-state index contributed by atoms with van der Waals surface area (Å²) in [5.41, 5.74) is 0. The van der Waals surface area contributed by atoms with Crippen LogP contribution in [0.15, 0.2) is 146 Å². The van der Waals surface area contributed by atoms with E-state index in [0.717, 1.165) is 238 Å². The van der Waals surface area contributed by atoms with Crippen LogP contribution in [-0.4, -0.2) is 96.7 Å². The van der Waals surface area contributed by atoms with Gasteiger partial charge in [-0.15, -0.1) is 0 Å². The number of hydrogen-bond donors (Lipinski definition) is 3. The summed E-state index contributed by atoms with van der Waals surface area (Å²) in [5, 5.41) is 10.7. The quantitative estimate of drug-likeness (QED) is 0.0169. The summed E-state index contributed by atoms with van der Waals surface area (Å²) in [6.07, 6.45) is 92.3. The van der Waals surface area contributed by atoms with Gasteiger partial charge in [0.2, 0.25) is 0 Å². The molecule has 0 rings (SSSR count). The normalized spacial score (nSPS) is 14.5. The van der Waals surface area contributed by atoms with Gasteiger partial charge in [0.1, 0.15) is 19.3 Å². The van der Waals surface area contributed by atoms with Crippen LogP contribution in [0.2, 0.25) is 0 Å². The minimum absolute atomic E-state index is 0.0730. The van der Waals surface area contributed by atoms with Gasteiger partial charge in [-0.2, -0.15) is 0 Å². The van der Waals surface area contributed by atoms with E-state index in [-0.39, 0.29) is 25.7 Å². The Kier molecular flexibility index (Phi) is 76.3. The highest BCUT2D eigenvalue weighted by Gasteiger charge is 2.30. The highest BCUT2D eigenvalue weighted by atomic mass is 31.2. The molecule has 19 heteroatoms. The molecule has 0 amide bonds. The molecule has 0 aliphatic rings. The van der Waals surface area contributed by atoms with Gasteiger partial charge in [-0.3, -0.25) is 37.3 Å². The Balaban J connectivity index is 5.40. The van der Waals surface area contributed by atoms with Gasteiger partial charge >= 0.3 is 39.5 Å². The number of phosphoric ester groups is 2. The average Bonchev–Trinajstić information content (AvgIpc) is 0.892. The predicted octanol–water partition coefficient (Wildman–Crippen LogP) is 25.0. The van der Waals surface area contributed by atoms with Crippen molar-refractivity contribution in [3.8, 4) is 0 Å². The standard InChI is InChI=1S/C89H150O17P2/c1-5-9-13-17-21-25-29-33-36-39-41-44-47-51-54-58-62-66-70-74-87(92)100-80-85(106-89(94)76-72-68-64-60-56-52-48-45-42-40-37-34-30-26-22-18-14-10-6-2)82-104-108(97,98)102-78-83(90)77-101-107(95,96)103-81-84(105-88(93)75-71-67-63-59-55-49-32-28-24-20-16-12-8-4)79-99-86(91)73-69-65-61-57-53-50-46-43-38-35-31-27-23-19-15-11-7-3/h9,11,13,15-16,20-23,25-28,32-38,41-42,44-45,83-85,90H,5-8,10,12,14,17-19,24,29-31,39-40,43,46-82H2,1-4H3,(H,95,96)(H,97,98)/b13-9-,15-11-,20-16-,25-21-,26-22-,27-23-,32-28-,36-33-,37-34-,38-35-,44-41-,45-42-. The number of carbonyl (C=O) groups is 4. The fourth-order valence-corrected chi connectivity index (χ4v) is 12.5. The summed E-state index contributed by atoms with van der Waals surface area (Å²) >= 11 is 0. The average molecular weight is 1550 g/mol. The van der Waals surface area contributed by atoms with Crippen LogP contribution in [0.1, 0.15) is 336 Å². The number of esters is 4. The lowest BCUT2D eigenvalue weighted by atomic mass is 10.1. The number of aliphatic hydroxyl groups excluding tert-OH is 1. The maximum atomic E-state index is 13.1. The summed E-state index contributed by atoms with van der Waals surface area (Å²) in [6, 6.07) is 0. The second-order valence-electron chi connectivity index (χ2n) is 27.6. The number of unbranched alkanes of at least 4 members (excludes halogenated alkanes) is 28. The Hall–Kier alpha value is -5.06. The Morgan fingerprint density at radius 2 is 0.500 bits per heavy atom. The van der Waals surface area contributed by atoms with Gasteiger partial charge < -0.3 is 33.8 Å². The molecule has 0 aromatic carbocycles. The molecule has 5 unspecified atom stereocenters. The molecule has 0 bridgehead atoms. The van der Waals surface area contributed by atoms with E-state index < -0.39 is 97.5 Å². The largest absolute Gasteiger partial charge is 0.472 e. The first-order valence-electron chi connectivity index (χ1n) is 42.1. The van der Waals surface area contributed by atoms with E-state index in [4.69, 9.17) is 37.0 Å². The van der Waals surface area contributed by atoms with Crippen LogP contribution >= 0.6 is 15.6 Å². The van der Waals surface area contributed by atoms with Gasteiger partial charge in [0.15, 0.2) is 12.2 Å². The van der Waals surface area contributed by atoms with Crippen molar-refractivity contribution in [2.24, 2.45) is 0 Å². The van der Waals surface area contributed by atoms with Crippen molar-refractivity contribution in [2.75, 3.05) is 39.6 Å². The number of allylic oxidation sites excluding steroid dienone is 24. The van der Waals surface area contributed by atoms with Crippen molar-refractivity contribution in [1.82, 2.24) is 0 Å². The monoisotopic (exact) mass is 1550 g/mol. The lowest BCUT2D eigenvalue weighted by Gasteiger charge is -2.21. The van der Waals surface area contributed by atoms with Crippen molar-refractivity contribution >= 4 is 39.5 Å². The fraction of sp³-hybridized carbons (Fsp3) is 0.685. The summed E-state index contributed by atoms with van der Waals surface area (Å²) in [6.45, 7) is 4.53. The Bertz CT molecular complexity index is 2610.